The van der Waals surface area contributed by atoms with Crippen LogP contribution in [0.1, 0.15) is 65.7 Å². The van der Waals surface area contributed by atoms with Crippen LogP contribution in [0.25, 0.3) is 0 Å². The highest BCUT2D eigenvalue weighted by atomic mass is 35.5. The summed E-state index contributed by atoms with van der Waals surface area (Å²) in [7, 11) is 0. The summed E-state index contributed by atoms with van der Waals surface area (Å²) in [5.41, 5.74) is 6.03. The van der Waals surface area contributed by atoms with Crippen LogP contribution in [-0.2, 0) is 19.1 Å². The van der Waals surface area contributed by atoms with Crippen LogP contribution in [0, 0.1) is 5.92 Å². The summed E-state index contributed by atoms with van der Waals surface area (Å²) in [6.07, 6.45) is 17.9. The number of ether oxygens (including phenoxy) is 1. The van der Waals surface area contributed by atoms with Crippen molar-refractivity contribution in [2.45, 2.75) is 77.9 Å². The van der Waals surface area contributed by atoms with E-state index >= 15 is 0 Å². The van der Waals surface area contributed by atoms with Crippen LogP contribution in [-0.4, -0.2) is 52.7 Å². The number of halogens is 1. The van der Waals surface area contributed by atoms with Gasteiger partial charge in [0.05, 0.1) is 12.5 Å². The van der Waals surface area contributed by atoms with E-state index in [1.165, 1.54) is 12.2 Å². The number of allylic oxidation sites excluding steroid dienone is 10. The smallest absolute Gasteiger partial charge is 0.405 e. The van der Waals surface area contributed by atoms with Crippen LogP contribution >= 0.6 is 11.6 Å². The first kappa shape index (κ1) is 36.6. The second-order valence-corrected chi connectivity index (χ2v) is 9.68. The first-order valence-electron chi connectivity index (χ1n) is 13.3. The Balaban J connectivity index is 4.45. The van der Waals surface area contributed by atoms with Crippen molar-refractivity contribution in [3.05, 3.63) is 71.4 Å². The molecule has 9 nitrogen and oxygen atoms in total. The zero-order valence-electron chi connectivity index (χ0n) is 23.6. The topological polar surface area (TPSA) is 156 Å². The van der Waals surface area contributed by atoms with E-state index in [0.717, 1.165) is 12.0 Å². The fraction of sp³-hybridized carbons (Fsp3) is 0.467. The third kappa shape index (κ3) is 21.5. The quantitative estimate of drug-likeness (QED) is 0.0871. The minimum atomic E-state index is -1.14. The maximum atomic E-state index is 12.3. The van der Waals surface area contributed by atoms with Crippen molar-refractivity contribution in [1.29, 1.82) is 0 Å². The van der Waals surface area contributed by atoms with E-state index in [4.69, 9.17) is 27.2 Å². The number of nitrogens with one attached hydrogen (secondary N) is 1. The lowest BCUT2D eigenvalue weighted by Crippen LogP contribution is -2.32. The summed E-state index contributed by atoms with van der Waals surface area (Å²) in [4.78, 5) is 45.4. The minimum absolute atomic E-state index is 0.0280. The number of ketones is 1. The van der Waals surface area contributed by atoms with Crippen LogP contribution in [0.15, 0.2) is 71.4 Å². The highest BCUT2D eigenvalue weighted by molar-refractivity contribution is 6.29. The first-order valence-corrected chi connectivity index (χ1v) is 13.7. The number of aliphatic hydroxyl groups is 1. The predicted octanol–water partition coefficient (Wildman–Crippen LogP) is 5.26. The maximum absolute atomic E-state index is 12.3. The van der Waals surface area contributed by atoms with Gasteiger partial charge in [-0.25, -0.2) is 4.79 Å². The van der Waals surface area contributed by atoms with Crippen molar-refractivity contribution < 1.29 is 34.1 Å². The molecular formula is C30H43ClN2O7. The molecule has 2 amide bonds. The second kappa shape index (κ2) is 22.4. The molecule has 0 aromatic rings. The Labute approximate surface area is 242 Å². The van der Waals surface area contributed by atoms with Gasteiger partial charge < -0.3 is 26.0 Å². The van der Waals surface area contributed by atoms with Crippen molar-refractivity contribution in [3.63, 3.8) is 0 Å². The van der Waals surface area contributed by atoms with Crippen LogP contribution in [0.4, 0.5) is 4.79 Å². The minimum Gasteiger partial charge on any atom is -0.481 e. The maximum Gasteiger partial charge on any atom is 0.405 e. The summed E-state index contributed by atoms with van der Waals surface area (Å²) in [5.74, 6) is -1.41. The molecule has 0 radical (unpaired) electrons. The van der Waals surface area contributed by atoms with E-state index in [2.05, 4.69) is 5.32 Å². The lowest BCUT2D eigenvalue weighted by molar-refractivity contribution is -0.139. The van der Waals surface area contributed by atoms with Crippen LogP contribution in [0.2, 0.25) is 0 Å². The van der Waals surface area contributed by atoms with Crippen molar-refractivity contribution in [1.82, 2.24) is 5.32 Å². The Hall–Kier alpha value is -3.43. The highest BCUT2D eigenvalue weighted by Crippen LogP contribution is 2.21. The van der Waals surface area contributed by atoms with Crippen molar-refractivity contribution in [2.24, 2.45) is 11.7 Å². The van der Waals surface area contributed by atoms with Crippen molar-refractivity contribution >= 4 is 35.4 Å². The number of nitrogens with two attached hydrogens (primary N) is 1. The summed E-state index contributed by atoms with van der Waals surface area (Å²) < 4.78 is 5.04. The molecule has 40 heavy (non-hydrogen) atoms. The number of aliphatic hydroxyl groups excluding tert-OH is 1. The predicted molar refractivity (Wildman–Crippen MR) is 158 cm³/mol. The van der Waals surface area contributed by atoms with Crippen LogP contribution in [0.5, 0.6) is 0 Å². The number of hydrogen-bond donors (Lipinski definition) is 4. The van der Waals surface area contributed by atoms with Crippen molar-refractivity contribution in [2.75, 3.05) is 6.54 Å². The summed E-state index contributed by atoms with van der Waals surface area (Å²) >= 11 is 6.38. The number of rotatable bonds is 20. The Morgan fingerprint density at radius 3 is 2.35 bits per heavy atom. The molecule has 0 aliphatic heterocycles. The number of carbonyl (C=O) groups excluding carboxylic acids is 3. The third-order valence-electron chi connectivity index (χ3n) is 5.49. The van der Waals surface area contributed by atoms with Gasteiger partial charge in [-0.1, -0.05) is 73.6 Å². The molecule has 5 N–H and O–H groups in total. The van der Waals surface area contributed by atoms with E-state index in [9.17, 15) is 24.3 Å². The number of amides is 2. The molecular weight excluding hydrogens is 536 g/mol. The van der Waals surface area contributed by atoms with E-state index in [-0.39, 0.29) is 18.2 Å². The van der Waals surface area contributed by atoms with E-state index in [1.54, 1.807) is 24.3 Å². The van der Waals surface area contributed by atoms with Gasteiger partial charge in [-0.05, 0) is 50.7 Å². The Bertz CT molecular complexity index is 996. The second-order valence-electron chi connectivity index (χ2n) is 9.24. The van der Waals surface area contributed by atoms with Gasteiger partial charge in [-0.2, -0.15) is 0 Å². The molecule has 0 fully saturated rings. The first-order chi connectivity index (χ1) is 18.9. The molecule has 222 valence electrons. The highest BCUT2D eigenvalue weighted by Gasteiger charge is 2.13. The summed E-state index contributed by atoms with van der Waals surface area (Å²) in [6, 6.07) is 0. The molecule has 0 rings (SSSR count). The zero-order chi connectivity index (χ0) is 30.3. The fourth-order valence-electron chi connectivity index (χ4n) is 3.25. The van der Waals surface area contributed by atoms with Gasteiger partial charge in [-0.3, -0.25) is 14.4 Å². The van der Waals surface area contributed by atoms with E-state index in [0.29, 0.717) is 37.1 Å². The van der Waals surface area contributed by atoms with Gasteiger partial charge in [0, 0.05) is 30.5 Å². The number of carboxylic acid groups (broad SMARTS) is 1. The lowest BCUT2D eigenvalue weighted by atomic mass is 9.99. The molecule has 0 aliphatic carbocycles. The SMILES string of the molecule is CC/C=C/[C@H](CCCC(=O)CC[C@H](C)/C(Cl)=C/C=C/C=C(C)/C=C/C=C/C(=O)NCC(O)CC(=O)O)OC(N)=O. The van der Waals surface area contributed by atoms with Crippen LogP contribution in [0.3, 0.4) is 0 Å². The molecule has 0 aromatic heterocycles. The molecule has 3 atom stereocenters. The van der Waals surface area contributed by atoms with Crippen LogP contribution < -0.4 is 11.1 Å². The fourth-order valence-corrected chi connectivity index (χ4v) is 3.43. The number of Topliss-reactive ketones (excluding diaryl/α,β-unsaturated/α-hetero) is 1. The van der Waals surface area contributed by atoms with Gasteiger partial charge in [0.2, 0.25) is 5.91 Å². The lowest BCUT2D eigenvalue weighted by Gasteiger charge is -2.13. The molecule has 0 saturated heterocycles. The summed E-state index contributed by atoms with van der Waals surface area (Å²) in [6.45, 7) is 5.69. The average molecular weight is 579 g/mol. The largest absolute Gasteiger partial charge is 0.481 e. The number of primary amides is 1. The standard InChI is InChI=1S/C30H43ClN2O7/c1-4-5-14-26(40-30(32)39)15-10-13-24(34)19-18-23(3)27(31)16-8-6-11-22(2)12-7-9-17-28(36)33-21-25(35)20-29(37)38/h5-9,11-12,14,16-17,23,25-26,35H,4,10,13,15,18-21H2,1-3H3,(H2,32,39)(H,33,36)(H,37,38)/b8-6+,12-7+,14-5+,17-9+,22-11+,27-16-/t23-,25?,26+/m0/s1. The van der Waals surface area contributed by atoms with Gasteiger partial charge in [0.1, 0.15) is 11.9 Å². The van der Waals surface area contributed by atoms with Gasteiger partial charge in [0.15, 0.2) is 0 Å². The Kier molecular flexibility index (Phi) is 20.5. The summed E-state index contributed by atoms with van der Waals surface area (Å²) in [5, 5.41) is 21.1. The average Bonchev–Trinajstić information content (AvgIpc) is 2.88. The molecule has 0 aliphatic rings. The molecule has 0 spiro atoms. The van der Waals surface area contributed by atoms with E-state index in [1.807, 2.05) is 45.1 Å². The normalized spacial score (nSPS) is 15.1. The Morgan fingerprint density at radius 2 is 1.70 bits per heavy atom. The number of aliphatic carboxylic acids is 1. The Morgan fingerprint density at radius 1 is 1.02 bits per heavy atom. The monoisotopic (exact) mass is 578 g/mol. The zero-order valence-corrected chi connectivity index (χ0v) is 24.3. The van der Waals surface area contributed by atoms with Gasteiger partial charge >= 0.3 is 12.1 Å². The molecule has 0 aromatic carbocycles. The van der Waals surface area contributed by atoms with Gasteiger partial charge in [-0.15, -0.1) is 0 Å². The molecule has 0 saturated carbocycles. The molecule has 1 unspecified atom stereocenters. The molecule has 10 heteroatoms. The van der Waals surface area contributed by atoms with Crippen molar-refractivity contribution in [3.8, 4) is 0 Å². The number of hydrogen-bond acceptors (Lipinski definition) is 6. The van der Waals surface area contributed by atoms with Gasteiger partial charge in [0.25, 0.3) is 0 Å². The number of carbonyl (C=O) groups is 4. The third-order valence-corrected chi connectivity index (χ3v) is 5.99. The number of carboxylic acids is 1. The van der Waals surface area contributed by atoms with E-state index < -0.39 is 36.6 Å². The molecule has 0 bridgehead atoms. The molecule has 0 heterocycles.